The van der Waals surface area contributed by atoms with Crippen molar-refractivity contribution in [3.8, 4) is 0 Å². The summed E-state index contributed by atoms with van der Waals surface area (Å²) in [5.74, 6) is 0.0218. The van der Waals surface area contributed by atoms with Gasteiger partial charge in [0, 0.05) is 18.5 Å². The molecule has 16 heavy (non-hydrogen) atoms. The van der Waals surface area contributed by atoms with E-state index in [1.165, 1.54) is 11.8 Å². The Hall–Kier alpha value is -1.36. The lowest BCUT2D eigenvalue weighted by atomic mass is 10.2. The van der Waals surface area contributed by atoms with Gasteiger partial charge in [-0.05, 0) is 18.4 Å². The predicted octanol–water partition coefficient (Wildman–Crippen LogP) is 1.75. The highest BCUT2D eigenvalue weighted by Crippen LogP contribution is 2.30. The van der Waals surface area contributed by atoms with Crippen LogP contribution in [-0.4, -0.2) is 41.8 Å². The third kappa shape index (κ3) is 1.95. The van der Waals surface area contributed by atoms with Gasteiger partial charge < -0.3 is 9.80 Å². The first-order valence-electron chi connectivity index (χ1n) is 5.14. The number of ketones is 1. The lowest BCUT2D eigenvalue weighted by molar-refractivity contribution is -0.117. The van der Waals surface area contributed by atoms with Gasteiger partial charge in [-0.15, -0.1) is 11.3 Å². The number of Topliss-reactive ketones (excluding diaryl/α,β-unsaturated/α-hetero) is 1. The Bertz CT molecular complexity index is 402. The maximum Gasteiger partial charge on any atom is 0.320 e. The van der Waals surface area contributed by atoms with Crippen molar-refractivity contribution in [1.29, 1.82) is 0 Å². The Kier molecular flexibility index (Phi) is 2.96. The lowest BCUT2D eigenvalue weighted by Gasteiger charge is -2.15. The Morgan fingerprint density at radius 1 is 1.62 bits per heavy atom. The molecule has 2 amide bonds. The molecule has 0 aliphatic carbocycles. The van der Waals surface area contributed by atoms with Crippen LogP contribution in [0.5, 0.6) is 0 Å². The fourth-order valence-electron chi connectivity index (χ4n) is 1.93. The minimum atomic E-state index is -0.0615. The maximum atomic E-state index is 11.9. The SMILES string of the molecule is CC(=O)CN1CC(c2cccs2)N(C)C1=O. The van der Waals surface area contributed by atoms with Crippen LogP contribution in [0.1, 0.15) is 17.8 Å². The van der Waals surface area contributed by atoms with E-state index in [4.69, 9.17) is 0 Å². The van der Waals surface area contributed by atoms with E-state index in [2.05, 4.69) is 0 Å². The van der Waals surface area contributed by atoms with E-state index in [0.29, 0.717) is 6.54 Å². The first-order chi connectivity index (χ1) is 7.59. The summed E-state index contributed by atoms with van der Waals surface area (Å²) in [6.45, 7) is 2.33. The highest BCUT2D eigenvalue weighted by Gasteiger charge is 2.36. The molecular formula is C11H14N2O2S. The van der Waals surface area contributed by atoms with Gasteiger partial charge in [0.1, 0.15) is 5.78 Å². The fourth-order valence-corrected chi connectivity index (χ4v) is 2.79. The average molecular weight is 238 g/mol. The minimum Gasteiger partial charge on any atom is -0.318 e. The topological polar surface area (TPSA) is 40.6 Å². The molecule has 0 radical (unpaired) electrons. The summed E-state index contributed by atoms with van der Waals surface area (Å²) in [6.07, 6.45) is 0. The Morgan fingerprint density at radius 2 is 2.38 bits per heavy atom. The number of hydrogen-bond donors (Lipinski definition) is 0. The van der Waals surface area contributed by atoms with Crippen LogP contribution in [0.4, 0.5) is 4.79 Å². The van der Waals surface area contributed by atoms with Crippen molar-refractivity contribution in [2.24, 2.45) is 0 Å². The molecule has 1 atom stereocenters. The predicted molar refractivity (Wildman–Crippen MR) is 62.5 cm³/mol. The third-order valence-corrected chi connectivity index (χ3v) is 3.69. The summed E-state index contributed by atoms with van der Waals surface area (Å²) < 4.78 is 0. The summed E-state index contributed by atoms with van der Waals surface area (Å²) in [5, 5.41) is 2.00. The van der Waals surface area contributed by atoms with Crippen LogP contribution in [0.3, 0.4) is 0 Å². The Labute approximate surface area is 98.5 Å². The van der Waals surface area contributed by atoms with E-state index in [1.807, 2.05) is 17.5 Å². The second-order valence-corrected chi connectivity index (χ2v) is 4.99. The Morgan fingerprint density at radius 3 is 2.94 bits per heavy atom. The van der Waals surface area contributed by atoms with Crippen molar-refractivity contribution >= 4 is 23.2 Å². The van der Waals surface area contributed by atoms with Gasteiger partial charge in [0.2, 0.25) is 0 Å². The van der Waals surface area contributed by atoms with Crippen LogP contribution < -0.4 is 0 Å². The van der Waals surface area contributed by atoms with E-state index < -0.39 is 0 Å². The normalized spacial score (nSPS) is 20.6. The van der Waals surface area contributed by atoms with E-state index in [-0.39, 0.29) is 24.4 Å². The Balaban J connectivity index is 2.14. The number of thiophene rings is 1. The standard InChI is InChI=1S/C11H14N2O2S/c1-8(14)6-13-7-9(12(2)11(13)15)10-4-3-5-16-10/h3-5,9H,6-7H2,1-2H3. The number of hydrogen-bond acceptors (Lipinski definition) is 3. The molecule has 1 unspecified atom stereocenters. The van der Waals surface area contributed by atoms with Crippen LogP contribution in [0.15, 0.2) is 17.5 Å². The molecule has 5 heteroatoms. The molecule has 0 aromatic carbocycles. The van der Waals surface area contributed by atoms with Crippen molar-refractivity contribution < 1.29 is 9.59 Å². The van der Waals surface area contributed by atoms with Gasteiger partial charge in [0.15, 0.2) is 0 Å². The molecule has 1 aromatic heterocycles. The molecule has 0 N–H and O–H groups in total. The van der Waals surface area contributed by atoms with Crippen LogP contribution in [0.25, 0.3) is 0 Å². The number of nitrogens with zero attached hydrogens (tertiary/aromatic N) is 2. The molecule has 1 aliphatic rings. The van der Waals surface area contributed by atoms with Gasteiger partial charge in [0.25, 0.3) is 0 Å². The number of urea groups is 1. The molecular weight excluding hydrogens is 224 g/mol. The number of likely N-dealkylation sites (N-methyl/N-ethyl adjacent to an activating group) is 1. The second kappa shape index (κ2) is 4.25. The summed E-state index contributed by atoms with van der Waals surface area (Å²) in [6, 6.07) is 4.03. The zero-order valence-electron chi connectivity index (χ0n) is 9.34. The van der Waals surface area contributed by atoms with Crippen molar-refractivity contribution in [1.82, 2.24) is 9.80 Å². The zero-order chi connectivity index (χ0) is 11.7. The molecule has 2 heterocycles. The molecule has 1 aliphatic heterocycles. The van der Waals surface area contributed by atoms with E-state index in [0.717, 1.165) is 0 Å². The van der Waals surface area contributed by atoms with Gasteiger partial charge in [-0.3, -0.25) is 4.79 Å². The van der Waals surface area contributed by atoms with E-state index >= 15 is 0 Å². The number of carbonyl (C=O) groups is 2. The maximum absolute atomic E-state index is 11.9. The van der Waals surface area contributed by atoms with Crippen LogP contribution in [0, 0.1) is 0 Å². The molecule has 0 bridgehead atoms. The zero-order valence-corrected chi connectivity index (χ0v) is 10.2. The largest absolute Gasteiger partial charge is 0.320 e. The minimum absolute atomic E-state index is 0.0218. The number of carbonyl (C=O) groups excluding carboxylic acids is 2. The number of amides is 2. The molecule has 0 saturated carbocycles. The second-order valence-electron chi connectivity index (χ2n) is 4.01. The summed E-state index contributed by atoms with van der Waals surface area (Å²) in [5.41, 5.74) is 0. The van der Waals surface area contributed by atoms with Crippen molar-refractivity contribution in [2.45, 2.75) is 13.0 Å². The smallest absolute Gasteiger partial charge is 0.318 e. The van der Waals surface area contributed by atoms with Gasteiger partial charge in [-0.1, -0.05) is 6.07 Å². The number of rotatable bonds is 3. The molecule has 1 saturated heterocycles. The van der Waals surface area contributed by atoms with Gasteiger partial charge in [0.05, 0.1) is 12.6 Å². The molecule has 1 aromatic rings. The first kappa shape index (κ1) is 11.1. The van der Waals surface area contributed by atoms with Gasteiger partial charge >= 0.3 is 6.03 Å². The summed E-state index contributed by atoms with van der Waals surface area (Å²) in [4.78, 5) is 27.4. The molecule has 1 fully saturated rings. The molecule has 86 valence electrons. The van der Waals surface area contributed by atoms with E-state index in [1.54, 1.807) is 28.2 Å². The molecule has 2 rings (SSSR count). The van der Waals surface area contributed by atoms with Crippen LogP contribution in [-0.2, 0) is 4.79 Å². The van der Waals surface area contributed by atoms with Crippen molar-refractivity contribution in [2.75, 3.05) is 20.1 Å². The summed E-state index contributed by atoms with van der Waals surface area (Å²) >= 11 is 1.64. The highest BCUT2D eigenvalue weighted by molar-refractivity contribution is 7.10. The van der Waals surface area contributed by atoms with Crippen molar-refractivity contribution in [3.63, 3.8) is 0 Å². The lowest BCUT2D eigenvalue weighted by Crippen LogP contribution is -2.32. The molecule has 4 nitrogen and oxygen atoms in total. The first-order valence-corrected chi connectivity index (χ1v) is 6.02. The fraction of sp³-hybridized carbons (Fsp3) is 0.455. The highest BCUT2D eigenvalue weighted by atomic mass is 32.1. The average Bonchev–Trinajstić information content (AvgIpc) is 2.81. The van der Waals surface area contributed by atoms with Gasteiger partial charge in [-0.2, -0.15) is 0 Å². The van der Waals surface area contributed by atoms with Crippen molar-refractivity contribution in [3.05, 3.63) is 22.4 Å². The summed E-state index contributed by atoms with van der Waals surface area (Å²) in [7, 11) is 1.78. The van der Waals surface area contributed by atoms with Crippen LogP contribution >= 0.6 is 11.3 Å². The van der Waals surface area contributed by atoms with Gasteiger partial charge in [-0.25, -0.2) is 4.79 Å². The quantitative estimate of drug-likeness (QED) is 0.805. The monoisotopic (exact) mass is 238 g/mol. The van der Waals surface area contributed by atoms with E-state index in [9.17, 15) is 9.59 Å². The molecule has 0 spiro atoms. The third-order valence-electron chi connectivity index (χ3n) is 2.72. The van der Waals surface area contributed by atoms with Crippen LogP contribution in [0.2, 0.25) is 0 Å².